The molecule has 4 rings (SSSR count). The maximum absolute atomic E-state index is 11.4. The van der Waals surface area contributed by atoms with Crippen LogP contribution in [-0.2, 0) is 6.67 Å². The number of non-ortho nitro benzene ring substituents is 1. The Morgan fingerprint density at radius 3 is 2.50 bits per heavy atom. The highest BCUT2D eigenvalue weighted by Gasteiger charge is 2.18. The molecule has 0 N–H and O–H groups in total. The van der Waals surface area contributed by atoms with E-state index < -0.39 is 4.92 Å². The van der Waals surface area contributed by atoms with Crippen molar-refractivity contribution >= 4 is 17.2 Å². The van der Waals surface area contributed by atoms with Crippen molar-refractivity contribution in [3.8, 4) is 11.4 Å². The number of carbonyl (C=O) groups is 1. The van der Waals surface area contributed by atoms with Gasteiger partial charge in [-0.1, -0.05) is 12.1 Å². The summed E-state index contributed by atoms with van der Waals surface area (Å²) in [6.07, 6.45) is 1.65. The van der Waals surface area contributed by atoms with Crippen LogP contribution in [0.25, 0.3) is 11.4 Å². The van der Waals surface area contributed by atoms with Crippen molar-refractivity contribution in [2.75, 3.05) is 31.1 Å². The number of aromatic nitrogens is 3. The molecule has 0 bridgehead atoms. The fourth-order valence-corrected chi connectivity index (χ4v) is 3.51. The molecule has 0 spiro atoms. The van der Waals surface area contributed by atoms with E-state index in [2.05, 4.69) is 19.9 Å². The lowest BCUT2D eigenvalue weighted by Crippen LogP contribution is -2.46. The zero-order valence-corrected chi connectivity index (χ0v) is 16.6. The van der Waals surface area contributed by atoms with Crippen LogP contribution in [-0.4, -0.2) is 56.5 Å². The average Bonchev–Trinajstić information content (AvgIpc) is 3.23. The van der Waals surface area contributed by atoms with Crippen LogP contribution in [0.3, 0.4) is 0 Å². The van der Waals surface area contributed by atoms with Crippen molar-refractivity contribution in [3.63, 3.8) is 0 Å². The van der Waals surface area contributed by atoms with Gasteiger partial charge in [0, 0.05) is 55.1 Å². The number of piperazine rings is 1. The smallest absolute Gasteiger partial charge is 0.270 e. The van der Waals surface area contributed by atoms with Crippen molar-refractivity contribution in [1.29, 1.82) is 0 Å². The standard InChI is InChI=1S/C21H22N6O3/c1-16(28)17-5-7-19(8-6-17)25-11-9-24(10-12-25)15-26-14-22-21(23-26)18-3-2-4-20(13-18)27(29)30/h2-8,13-14H,9-12,15H2,1H3. The van der Waals surface area contributed by atoms with Crippen LogP contribution in [0.1, 0.15) is 17.3 Å². The normalized spacial score (nSPS) is 14.6. The van der Waals surface area contributed by atoms with Crippen molar-refractivity contribution in [3.05, 3.63) is 70.5 Å². The Morgan fingerprint density at radius 2 is 1.83 bits per heavy atom. The van der Waals surface area contributed by atoms with Crippen LogP contribution in [0.4, 0.5) is 11.4 Å². The molecule has 2 aromatic carbocycles. The molecule has 0 atom stereocenters. The third kappa shape index (κ3) is 4.36. The van der Waals surface area contributed by atoms with Gasteiger partial charge in [0.15, 0.2) is 11.6 Å². The Hall–Kier alpha value is -3.59. The fraction of sp³-hybridized carbons (Fsp3) is 0.286. The predicted molar refractivity (Wildman–Crippen MR) is 112 cm³/mol. The minimum Gasteiger partial charge on any atom is -0.369 e. The van der Waals surface area contributed by atoms with E-state index in [0.717, 1.165) is 37.4 Å². The van der Waals surface area contributed by atoms with Crippen molar-refractivity contribution in [2.45, 2.75) is 13.6 Å². The Labute approximate surface area is 173 Å². The van der Waals surface area contributed by atoms with Gasteiger partial charge in [-0.25, -0.2) is 9.67 Å². The molecular formula is C21H22N6O3. The summed E-state index contributed by atoms with van der Waals surface area (Å²) in [7, 11) is 0. The monoisotopic (exact) mass is 406 g/mol. The number of carbonyl (C=O) groups excluding carboxylic acids is 1. The number of ketones is 1. The summed E-state index contributed by atoms with van der Waals surface area (Å²) in [5.41, 5.74) is 2.49. The fourth-order valence-electron chi connectivity index (χ4n) is 3.51. The first-order valence-corrected chi connectivity index (χ1v) is 9.72. The molecule has 30 heavy (non-hydrogen) atoms. The van der Waals surface area contributed by atoms with Crippen LogP contribution >= 0.6 is 0 Å². The van der Waals surface area contributed by atoms with Gasteiger partial charge in [0.25, 0.3) is 5.69 Å². The van der Waals surface area contributed by atoms with E-state index >= 15 is 0 Å². The molecule has 0 aliphatic carbocycles. The third-order valence-electron chi connectivity index (χ3n) is 5.21. The molecule has 0 unspecified atom stereocenters. The first kappa shape index (κ1) is 19.7. The molecular weight excluding hydrogens is 384 g/mol. The quantitative estimate of drug-likeness (QED) is 0.353. The number of hydrogen-bond acceptors (Lipinski definition) is 7. The highest BCUT2D eigenvalue weighted by atomic mass is 16.6. The number of benzene rings is 2. The van der Waals surface area contributed by atoms with Gasteiger partial charge < -0.3 is 4.90 Å². The van der Waals surface area contributed by atoms with Gasteiger partial charge in [-0.3, -0.25) is 19.8 Å². The highest BCUT2D eigenvalue weighted by molar-refractivity contribution is 5.94. The average molecular weight is 406 g/mol. The molecule has 2 heterocycles. The molecule has 1 aliphatic heterocycles. The molecule has 0 radical (unpaired) electrons. The first-order valence-electron chi connectivity index (χ1n) is 9.72. The van der Waals surface area contributed by atoms with Crippen molar-refractivity contribution < 1.29 is 9.72 Å². The summed E-state index contributed by atoms with van der Waals surface area (Å²) >= 11 is 0. The Bertz CT molecular complexity index is 1050. The number of nitro benzene ring substituents is 1. The third-order valence-corrected chi connectivity index (χ3v) is 5.21. The van der Waals surface area contributed by atoms with Gasteiger partial charge in [-0.15, -0.1) is 5.10 Å². The minimum atomic E-state index is -0.423. The SMILES string of the molecule is CC(=O)c1ccc(N2CCN(Cn3cnc(-c4cccc([N+](=O)[O-])c4)n3)CC2)cc1. The van der Waals surface area contributed by atoms with Gasteiger partial charge in [0.05, 0.1) is 11.6 Å². The summed E-state index contributed by atoms with van der Waals surface area (Å²) in [5, 5.41) is 15.4. The maximum Gasteiger partial charge on any atom is 0.270 e. The summed E-state index contributed by atoms with van der Waals surface area (Å²) in [4.78, 5) is 30.9. The van der Waals surface area contributed by atoms with Crippen LogP contribution < -0.4 is 4.90 Å². The molecule has 3 aromatic rings. The molecule has 154 valence electrons. The Morgan fingerprint density at radius 1 is 1.10 bits per heavy atom. The van der Waals surface area contributed by atoms with Crippen LogP contribution in [0.15, 0.2) is 54.9 Å². The summed E-state index contributed by atoms with van der Waals surface area (Å²) in [6.45, 7) is 5.69. The predicted octanol–water partition coefficient (Wildman–Crippen LogP) is 2.84. The topological polar surface area (TPSA) is 97.4 Å². The van der Waals surface area contributed by atoms with Gasteiger partial charge in [-0.2, -0.15) is 0 Å². The van der Waals surface area contributed by atoms with Gasteiger partial charge in [-0.05, 0) is 31.2 Å². The number of nitrogens with zero attached hydrogens (tertiary/aromatic N) is 6. The molecule has 1 aliphatic rings. The van der Waals surface area contributed by atoms with E-state index in [4.69, 9.17) is 0 Å². The highest BCUT2D eigenvalue weighted by Crippen LogP contribution is 2.21. The number of Topliss-reactive ketones (excluding diaryl/α,β-unsaturated/α-hetero) is 1. The lowest BCUT2D eigenvalue weighted by Gasteiger charge is -2.35. The number of hydrogen-bond donors (Lipinski definition) is 0. The largest absolute Gasteiger partial charge is 0.369 e. The maximum atomic E-state index is 11.4. The summed E-state index contributed by atoms with van der Waals surface area (Å²) in [6, 6.07) is 14.1. The molecule has 0 saturated carbocycles. The second-order valence-electron chi connectivity index (χ2n) is 7.26. The summed E-state index contributed by atoms with van der Waals surface area (Å²) in [5.74, 6) is 0.548. The van der Waals surface area contributed by atoms with E-state index in [-0.39, 0.29) is 11.5 Å². The molecule has 9 nitrogen and oxygen atoms in total. The lowest BCUT2D eigenvalue weighted by molar-refractivity contribution is -0.384. The molecule has 1 saturated heterocycles. The van der Waals surface area contributed by atoms with Crippen molar-refractivity contribution in [1.82, 2.24) is 19.7 Å². The van der Waals surface area contributed by atoms with Crippen LogP contribution in [0.2, 0.25) is 0 Å². The van der Waals surface area contributed by atoms with E-state index in [1.807, 2.05) is 24.3 Å². The minimum absolute atomic E-state index is 0.0244. The number of anilines is 1. The van der Waals surface area contributed by atoms with Gasteiger partial charge >= 0.3 is 0 Å². The second-order valence-corrected chi connectivity index (χ2v) is 7.26. The van der Waals surface area contributed by atoms with Crippen LogP contribution in [0, 0.1) is 10.1 Å². The van der Waals surface area contributed by atoms with Crippen LogP contribution in [0.5, 0.6) is 0 Å². The number of nitro groups is 1. The number of rotatable bonds is 6. The van der Waals surface area contributed by atoms with E-state index in [1.54, 1.807) is 30.1 Å². The molecule has 0 amide bonds. The van der Waals surface area contributed by atoms with Crippen molar-refractivity contribution in [2.24, 2.45) is 0 Å². The molecule has 1 fully saturated rings. The molecule has 9 heteroatoms. The molecule has 1 aromatic heterocycles. The van der Waals surface area contributed by atoms with Gasteiger partial charge in [0.2, 0.25) is 0 Å². The Kier molecular flexibility index (Phi) is 5.53. The second kappa shape index (κ2) is 8.42. The first-order chi connectivity index (χ1) is 14.5. The zero-order valence-electron chi connectivity index (χ0n) is 16.6. The van der Waals surface area contributed by atoms with E-state index in [9.17, 15) is 14.9 Å². The lowest BCUT2D eigenvalue weighted by atomic mass is 10.1. The Balaban J connectivity index is 1.35. The van der Waals surface area contributed by atoms with Gasteiger partial charge in [0.1, 0.15) is 6.33 Å². The zero-order chi connectivity index (χ0) is 21.1. The van der Waals surface area contributed by atoms with E-state index in [1.165, 1.54) is 12.1 Å². The van der Waals surface area contributed by atoms with E-state index in [0.29, 0.717) is 18.1 Å². The summed E-state index contributed by atoms with van der Waals surface area (Å²) < 4.78 is 1.76.